The predicted octanol–water partition coefficient (Wildman–Crippen LogP) is 3.47. The molecule has 0 spiro atoms. The lowest BCUT2D eigenvalue weighted by Crippen LogP contribution is -2.35. The van der Waals surface area contributed by atoms with Gasteiger partial charge in [-0.05, 0) is 55.5 Å². The standard InChI is InChI=1S/C21H25N3O2/c22-19-10-3-2-7-16(19)11-12-20(25)23-18-9-6-8-17(15-18)21(26)24-13-4-1-5-14-24/h2-3,6-10,15H,1,4-5,11-14,22H2,(H,23,25). The number of benzene rings is 2. The van der Waals surface area contributed by atoms with Crippen LogP contribution in [-0.4, -0.2) is 29.8 Å². The maximum absolute atomic E-state index is 12.6. The summed E-state index contributed by atoms with van der Waals surface area (Å²) in [6.45, 7) is 1.63. The zero-order valence-electron chi connectivity index (χ0n) is 14.9. The van der Waals surface area contributed by atoms with E-state index in [9.17, 15) is 9.59 Å². The summed E-state index contributed by atoms with van der Waals surface area (Å²) in [5.74, 6) is -0.0475. The summed E-state index contributed by atoms with van der Waals surface area (Å²) in [6.07, 6.45) is 4.24. The molecule has 0 bridgehead atoms. The number of anilines is 2. The van der Waals surface area contributed by atoms with E-state index < -0.39 is 0 Å². The minimum absolute atomic E-state index is 0.0397. The normalized spacial score (nSPS) is 14.1. The van der Waals surface area contributed by atoms with Crippen LogP contribution in [0, 0.1) is 0 Å². The van der Waals surface area contributed by atoms with Crippen molar-refractivity contribution >= 4 is 23.2 Å². The van der Waals surface area contributed by atoms with E-state index in [2.05, 4.69) is 5.32 Å². The van der Waals surface area contributed by atoms with Crippen LogP contribution in [0.25, 0.3) is 0 Å². The Balaban J connectivity index is 1.58. The van der Waals surface area contributed by atoms with Gasteiger partial charge >= 0.3 is 0 Å². The van der Waals surface area contributed by atoms with Crippen LogP contribution in [0.2, 0.25) is 0 Å². The number of carbonyl (C=O) groups excluding carboxylic acids is 2. The highest BCUT2D eigenvalue weighted by atomic mass is 16.2. The average molecular weight is 351 g/mol. The Morgan fingerprint density at radius 2 is 1.77 bits per heavy atom. The van der Waals surface area contributed by atoms with Crippen molar-refractivity contribution in [3.8, 4) is 0 Å². The van der Waals surface area contributed by atoms with Crippen molar-refractivity contribution < 1.29 is 9.59 Å². The van der Waals surface area contributed by atoms with Gasteiger partial charge in [-0.3, -0.25) is 9.59 Å². The van der Waals surface area contributed by atoms with E-state index in [0.29, 0.717) is 29.8 Å². The van der Waals surface area contributed by atoms with Crippen LogP contribution in [0.4, 0.5) is 11.4 Å². The summed E-state index contributed by atoms with van der Waals surface area (Å²) in [5, 5.41) is 2.88. The highest BCUT2D eigenvalue weighted by Crippen LogP contribution is 2.17. The maximum atomic E-state index is 12.6. The van der Waals surface area contributed by atoms with Gasteiger partial charge < -0.3 is 16.0 Å². The fraction of sp³-hybridized carbons (Fsp3) is 0.333. The van der Waals surface area contributed by atoms with Crippen LogP contribution in [0.3, 0.4) is 0 Å². The summed E-state index contributed by atoms with van der Waals surface area (Å²) in [5.41, 5.74) is 8.86. The van der Waals surface area contributed by atoms with Crippen LogP contribution >= 0.6 is 0 Å². The minimum Gasteiger partial charge on any atom is -0.399 e. The Morgan fingerprint density at radius 3 is 2.54 bits per heavy atom. The zero-order chi connectivity index (χ0) is 18.4. The van der Waals surface area contributed by atoms with Crippen LogP contribution in [0.15, 0.2) is 48.5 Å². The molecule has 0 atom stereocenters. The van der Waals surface area contributed by atoms with E-state index in [0.717, 1.165) is 31.5 Å². The number of nitrogens with one attached hydrogen (secondary N) is 1. The second kappa shape index (κ2) is 8.52. The van der Waals surface area contributed by atoms with E-state index >= 15 is 0 Å². The molecule has 2 aromatic carbocycles. The van der Waals surface area contributed by atoms with Gasteiger partial charge in [0, 0.05) is 36.4 Å². The first-order valence-corrected chi connectivity index (χ1v) is 9.16. The van der Waals surface area contributed by atoms with Crippen LogP contribution in [0.1, 0.15) is 41.6 Å². The number of piperidine rings is 1. The molecule has 0 saturated carbocycles. The van der Waals surface area contributed by atoms with Crippen molar-refractivity contribution in [1.29, 1.82) is 0 Å². The van der Waals surface area contributed by atoms with Crippen molar-refractivity contribution in [2.75, 3.05) is 24.1 Å². The van der Waals surface area contributed by atoms with Crippen molar-refractivity contribution in [1.82, 2.24) is 4.90 Å². The highest BCUT2D eigenvalue weighted by molar-refractivity contribution is 5.97. The number of aryl methyl sites for hydroxylation is 1. The molecule has 2 aromatic rings. The van der Waals surface area contributed by atoms with Crippen molar-refractivity contribution in [3.05, 3.63) is 59.7 Å². The van der Waals surface area contributed by atoms with Gasteiger partial charge in [0.15, 0.2) is 0 Å². The Morgan fingerprint density at radius 1 is 1.00 bits per heavy atom. The largest absolute Gasteiger partial charge is 0.399 e. The zero-order valence-corrected chi connectivity index (χ0v) is 14.9. The molecule has 136 valence electrons. The molecule has 2 amide bonds. The summed E-state index contributed by atoms with van der Waals surface area (Å²) in [4.78, 5) is 26.7. The quantitative estimate of drug-likeness (QED) is 0.810. The van der Waals surface area contributed by atoms with E-state index in [1.807, 2.05) is 41.3 Å². The molecule has 1 aliphatic rings. The number of hydrogen-bond donors (Lipinski definition) is 2. The molecule has 1 fully saturated rings. The van der Waals surface area contributed by atoms with Gasteiger partial charge in [0.1, 0.15) is 0 Å². The second-order valence-electron chi connectivity index (χ2n) is 6.68. The lowest BCUT2D eigenvalue weighted by molar-refractivity contribution is -0.116. The fourth-order valence-corrected chi connectivity index (χ4v) is 3.24. The predicted molar refractivity (Wildman–Crippen MR) is 104 cm³/mol. The average Bonchev–Trinajstić information content (AvgIpc) is 2.68. The lowest BCUT2D eigenvalue weighted by atomic mass is 10.1. The molecule has 1 aliphatic heterocycles. The summed E-state index contributed by atoms with van der Waals surface area (Å²) < 4.78 is 0. The van der Waals surface area contributed by atoms with Gasteiger partial charge in [-0.1, -0.05) is 24.3 Å². The number of hydrogen-bond acceptors (Lipinski definition) is 3. The van der Waals surface area contributed by atoms with Crippen molar-refractivity contribution in [3.63, 3.8) is 0 Å². The Labute approximate surface area is 154 Å². The lowest BCUT2D eigenvalue weighted by Gasteiger charge is -2.26. The SMILES string of the molecule is Nc1ccccc1CCC(=O)Nc1cccc(C(=O)N2CCCCC2)c1. The smallest absolute Gasteiger partial charge is 0.253 e. The van der Waals surface area contributed by atoms with Gasteiger partial charge in [0.25, 0.3) is 5.91 Å². The third kappa shape index (κ3) is 4.63. The van der Waals surface area contributed by atoms with E-state index in [1.54, 1.807) is 12.1 Å². The number of nitrogens with two attached hydrogens (primary N) is 1. The van der Waals surface area contributed by atoms with E-state index in [4.69, 9.17) is 5.73 Å². The first kappa shape index (κ1) is 18.0. The van der Waals surface area contributed by atoms with Crippen LogP contribution < -0.4 is 11.1 Å². The number of amides is 2. The van der Waals surface area contributed by atoms with Gasteiger partial charge in [-0.15, -0.1) is 0 Å². The number of para-hydroxylation sites is 1. The van der Waals surface area contributed by atoms with Gasteiger partial charge in [0.05, 0.1) is 0 Å². The number of carbonyl (C=O) groups is 2. The topological polar surface area (TPSA) is 75.4 Å². The Bertz CT molecular complexity index is 782. The first-order chi connectivity index (χ1) is 12.6. The van der Waals surface area contributed by atoms with E-state index in [1.165, 1.54) is 6.42 Å². The molecule has 0 unspecified atom stereocenters. The number of nitrogen functional groups attached to an aromatic ring is 1. The molecule has 5 nitrogen and oxygen atoms in total. The van der Waals surface area contributed by atoms with Gasteiger partial charge in [0.2, 0.25) is 5.91 Å². The molecule has 5 heteroatoms. The summed E-state index contributed by atoms with van der Waals surface area (Å²) >= 11 is 0. The third-order valence-corrected chi connectivity index (χ3v) is 4.71. The molecule has 0 aromatic heterocycles. The van der Waals surface area contributed by atoms with Crippen molar-refractivity contribution in [2.24, 2.45) is 0 Å². The number of nitrogens with zero attached hydrogens (tertiary/aromatic N) is 1. The molecule has 0 radical (unpaired) electrons. The monoisotopic (exact) mass is 351 g/mol. The molecule has 26 heavy (non-hydrogen) atoms. The summed E-state index contributed by atoms with van der Waals surface area (Å²) in [7, 11) is 0. The molecule has 1 saturated heterocycles. The number of rotatable bonds is 5. The van der Waals surface area contributed by atoms with Gasteiger partial charge in [-0.25, -0.2) is 0 Å². The first-order valence-electron chi connectivity index (χ1n) is 9.16. The molecular weight excluding hydrogens is 326 g/mol. The third-order valence-electron chi connectivity index (χ3n) is 4.71. The Kier molecular flexibility index (Phi) is 5.89. The molecule has 1 heterocycles. The highest BCUT2D eigenvalue weighted by Gasteiger charge is 2.18. The van der Waals surface area contributed by atoms with Gasteiger partial charge in [-0.2, -0.15) is 0 Å². The summed E-state index contributed by atoms with van der Waals surface area (Å²) in [6, 6.07) is 14.7. The van der Waals surface area contributed by atoms with Crippen LogP contribution in [0.5, 0.6) is 0 Å². The molecule has 3 N–H and O–H groups in total. The minimum atomic E-state index is -0.0872. The number of likely N-dealkylation sites (tertiary alicyclic amines) is 1. The molecule has 3 rings (SSSR count). The van der Waals surface area contributed by atoms with Crippen molar-refractivity contribution in [2.45, 2.75) is 32.1 Å². The Hall–Kier alpha value is -2.82. The second-order valence-corrected chi connectivity index (χ2v) is 6.68. The van der Waals surface area contributed by atoms with Crippen LogP contribution in [-0.2, 0) is 11.2 Å². The molecular formula is C21H25N3O2. The fourth-order valence-electron chi connectivity index (χ4n) is 3.24. The van der Waals surface area contributed by atoms with E-state index in [-0.39, 0.29) is 11.8 Å². The maximum Gasteiger partial charge on any atom is 0.253 e. The molecule has 0 aliphatic carbocycles.